The smallest absolute Gasteiger partial charge is 0.0678 e. The molecule has 0 spiro atoms. The third-order valence-electron chi connectivity index (χ3n) is 10.6. The first-order valence-corrected chi connectivity index (χ1v) is 12.9. The molecule has 4 aliphatic rings. The van der Waals surface area contributed by atoms with Gasteiger partial charge >= 0.3 is 0 Å². The van der Waals surface area contributed by atoms with E-state index in [2.05, 4.69) is 40.3 Å². The van der Waals surface area contributed by atoms with Gasteiger partial charge in [0.25, 0.3) is 0 Å². The maximum Gasteiger partial charge on any atom is 0.0678 e. The minimum atomic E-state index is -0.514. The van der Waals surface area contributed by atoms with Crippen LogP contribution in [0.2, 0.25) is 0 Å². The van der Waals surface area contributed by atoms with Gasteiger partial charge in [-0.05, 0) is 118 Å². The van der Waals surface area contributed by atoms with Crippen molar-refractivity contribution in [3.63, 3.8) is 0 Å². The summed E-state index contributed by atoms with van der Waals surface area (Å²) in [5, 5.41) is 22.1. The number of fused-ring (bicyclic) bond motifs is 5. The van der Waals surface area contributed by atoms with E-state index in [1.165, 1.54) is 37.7 Å². The minimum Gasteiger partial charge on any atom is -0.393 e. The van der Waals surface area contributed by atoms with Crippen LogP contribution in [0.25, 0.3) is 0 Å². The van der Waals surface area contributed by atoms with E-state index in [0.717, 1.165) is 62.7 Å². The lowest BCUT2D eigenvalue weighted by atomic mass is 9.46. The molecule has 0 radical (unpaired) electrons. The van der Waals surface area contributed by atoms with Crippen molar-refractivity contribution in [3.8, 4) is 0 Å². The van der Waals surface area contributed by atoms with Gasteiger partial charge in [0.15, 0.2) is 0 Å². The van der Waals surface area contributed by atoms with Crippen molar-refractivity contribution in [1.82, 2.24) is 0 Å². The van der Waals surface area contributed by atoms with E-state index in [4.69, 9.17) is 0 Å². The second kappa shape index (κ2) is 8.07. The second-order valence-corrected chi connectivity index (χ2v) is 12.1. The first kappa shape index (κ1) is 22.6. The van der Waals surface area contributed by atoms with Crippen LogP contribution in [0.1, 0.15) is 105 Å². The van der Waals surface area contributed by atoms with E-state index >= 15 is 0 Å². The molecule has 3 fully saturated rings. The number of hydrogen-bond acceptors (Lipinski definition) is 2. The molecule has 30 heavy (non-hydrogen) atoms. The molecule has 4 unspecified atom stereocenters. The maximum absolute atomic E-state index is 11.8. The Morgan fingerprint density at radius 2 is 1.93 bits per heavy atom. The molecule has 0 heterocycles. The standard InChI is InChI=1S/C28H46O2/c1-6-28(30,15-7-8-19(2)3)25-12-11-23-22-10-9-20-18-21(29)13-16-26(20,4)24(22)14-17-27(23,25)5/h9,21-25,29-30H,2,6-8,10-18H2,1,3-5H3/t21-,22?,23?,24?,25?,26-,27-,28-/m0/s1. The predicted molar refractivity (Wildman–Crippen MR) is 125 cm³/mol. The van der Waals surface area contributed by atoms with Gasteiger partial charge in [-0.1, -0.05) is 38.0 Å². The Bertz CT molecular complexity index is 695. The third-order valence-corrected chi connectivity index (χ3v) is 10.6. The van der Waals surface area contributed by atoms with E-state index < -0.39 is 5.60 Å². The van der Waals surface area contributed by atoms with Crippen molar-refractivity contribution < 1.29 is 10.2 Å². The first-order valence-electron chi connectivity index (χ1n) is 12.9. The highest BCUT2D eigenvalue weighted by Gasteiger charge is 2.61. The molecule has 4 aliphatic carbocycles. The molecule has 4 rings (SSSR count). The van der Waals surface area contributed by atoms with Crippen LogP contribution >= 0.6 is 0 Å². The van der Waals surface area contributed by atoms with E-state index in [-0.39, 0.29) is 11.5 Å². The van der Waals surface area contributed by atoms with Gasteiger partial charge in [0.05, 0.1) is 11.7 Å². The highest BCUT2D eigenvalue weighted by molar-refractivity contribution is 5.25. The molecule has 2 nitrogen and oxygen atoms in total. The van der Waals surface area contributed by atoms with Gasteiger partial charge in [-0.3, -0.25) is 0 Å². The molecular weight excluding hydrogens is 368 g/mol. The average molecular weight is 415 g/mol. The Balaban J connectivity index is 1.56. The summed E-state index contributed by atoms with van der Waals surface area (Å²) in [6, 6.07) is 0. The Morgan fingerprint density at radius 1 is 1.17 bits per heavy atom. The lowest BCUT2D eigenvalue weighted by molar-refractivity contribution is -0.114. The van der Waals surface area contributed by atoms with Gasteiger partial charge in [0.1, 0.15) is 0 Å². The van der Waals surface area contributed by atoms with Gasteiger partial charge in [0.2, 0.25) is 0 Å². The number of aliphatic hydroxyl groups is 2. The van der Waals surface area contributed by atoms with Crippen LogP contribution in [0, 0.1) is 34.5 Å². The van der Waals surface area contributed by atoms with Crippen molar-refractivity contribution in [2.45, 2.75) is 116 Å². The van der Waals surface area contributed by atoms with Gasteiger partial charge in [-0.2, -0.15) is 0 Å². The Kier molecular flexibility index (Phi) is 6.08. The molecule has 0 bridgehead atoms. The lowest BCUT2D eigenvalue weighted by Gasteiger charge is -2.59. The van der Waals surface area contributed by atoms with E-state index in [1.807, 2.05) is 0 Å². The largest absolute Gasteiger partial charge is 0.393 e. The third kappa shape index (κ3) is 3.54. The fourth-order valence-electron chi connectivity index (χ4n) is 8.82. The summed E-state index contributed by atoms with van der Waals surface area (Å²) in [5.41, 5.74) is 2.88. The van der Waals surface area contributed by atoms with E-state index in [1.54, 1.807) is 5.57 Å². The fourth-order valence-corrected chi connectivity index (χ4v) is 8.82. The van der Waals surface area contributed by atoms with Gasteiger partial charge < -0.3 is 10.2 Å². The quantitative estimate of drug-likeness (QED) is 0.468. The SMILES string of the molecule is C=C(C)CCC[C@@](O)(CC)C1CCC2C3CC=C4C[C@@H](O)CC[C@]4(C)C3CC[C@@]21C. The second-order valence-electron chi connectivity index (χ2n) is 12.1. The first-order chi connectivity index (χ1) is 14.1. The summed E-state index contributed by atoms with van der Waals surface area (Å²) in [6.07, 6.45) is 15.6. The van der Waals surface area contributed by atoms with Crippen LogP contribution in [0.15, 0.2) is 23.8 Å². The lowest BCUT2D eigenvalue weighted by Crippen LogP contribution is -2.53. The number of rotatable bonds is 6. The van der Waals surface area contributed by atoms with Crippen molar-refractivity contribution in [2.24, 2.45) is 34.5 Å². The fraction of sp³-hybridized carbons (Fsp3) is 0.857. The molecule has 0 aliphatic heterocycles. The minimum absolute atomic E-state index is 0.121. The van der Waals surface area contributed by atoms with Gasteiger partial charge in [0, 0.05) is 0 Å². The van der Waals surface area contributed by atoms with Crippen LogP contribution in [0.5, 0.6) is 0 Å². The summed E-state index contributed by atoms with van der Waals surface area (Å²) in [6.45, 7) is 13.4. The summed E-state index contributed by atoms with van der Waals surface area (Å²) in [7, 11) is 0. The molecule has 0 aromatic heterocycles. The maximum atomic E-state index is 11.8. The number of hydrogen-bond donors (Lipinski definition) is 2. The molecule has 3 saturated carbocycles. The van der Waals surface area contributed by atoms with Gasteiger partial charge in [-0.15, -0.1) is 6.58 Å². The predicted octanol–water partition coefficient (Wildman–Crippen LogP) is 6.81. The molecule has 2 heteroatoms. The molecule has 0 aromatic rings. The van der Waals surface area contributed by atoms with Gasteiger partial charge in [-0.25, -0.2) is 0 Å². The van der Waals surface area contributed by atoms with E-state index in [0.29, 0.717) is 11.3 Å². The molecule has 2 N–H and O–H groups in total. The molecule has 8 atom stereocenters. The zero-order valence-electron chi connectivity index (χ0n) is 20.1. The van der Waals surface area contributed by atoms with Crippen LogP contribution in [0.4, 0.5) is 0 Å². The monoisotopic (exact) mass is 414 g/mol. The van der Waals surface area contributed by atoms with Crippen molar-refractivity contribution in [3.05, 3.63) is 23.8 Å². The highest BCUT2D eigenvalue weighted by atomic mass is 16.3. The number of allylic oxidation sites excluding steroid dienone is 2. The highest BCUT2D eigenvalue weighted by Crippen LogP contribution is 2.68. The molecule has 0 amide bonds. The molecular formula is C28H46O2. The van der Waals surface area contributed by atoms with Crippen LogP contribution < -0.4 is 0 Å². The molecule has 0 saturated heterocycles. The Labute approximate surface area is 185 Å². The molecule has 170 valence electrons. The summed E-state index contributed by atoms with van der Waals surface area (Å²) in [5.74, 6) is 2.74. The number of aliphatic hydroxyl groups excluding tert-OH is 1. The zero-order valence-corrected chi connectivity index (χ0v) is 20.1. The van der Waals surface area contributed by atoms with Crippen LogP contribution in [-0.4, -0.2) is 21.9 Å². The van der Waals surface area contributed by atoms with Crippen LogP contribution in [-0.2, 0) is 0 Å². The summed E-state index contributed by atoms with van der Waals surface area (Å²) < 4.78 is 0. The van der Waals surface area contributed by atoms with E-state index in [9.17, 15) is 10.2 Å². The Morgan fingerprint density at radius 3 is 2.63 bits per heavy atom. The van der Waals surface area contributed by atoms with Crippen molar-refractivity contribution in [2.75, 3.05) is 0 Å². The van der Waals surface area contributed by atoms with Crippen molar-refractivity contribution in [1.29, 1.82) is 0 Å². The average Bonchev–Trinajstić information content (AvgIpc) is 3.06. The topological polar surface area (TPSA) is 40.5 Å². The normalized spacial score (nSPS) is 45.0. The zero-order chi connectivity index (χ0) is 21.7. The Hall–Kier alpha value is -0.600. The summed E-state index contributed by atoms with van der Waals surface area (Å²) in [4.78, 5) is 0. The summed E-state index contributed by atoms with van der Waals surface area (Å²) >= 11 is 0. The molecule has 0 aromatic carbocycles. The van der Waals surface area contributed by atoms with Crippen molar-refractivity contribution >= 4 is 0 Å². The van der Waals surface area contributed by atoms with Crippen LogP contribution in [0.3, 0.4) is 0 Å².